The van der Waals surface area contributed by atoms with E-state index in [2.05, 4.69) is 113 Å². The van der Waals surface area contributed by atoms with Crippen LogP contribution in [-0.4, -0.2) is 8.07 Å². The Morgan fingerprint density at radius 3 is 1.33 bits per heavy atom. The first-order valence-electron chi connectivity index (χ1n) is 8.85. The lowest BCUT2D eigenvalue weighted by atomic mass is 10.3. The molecule has 0 aliphatic heterocycles. The average molecular weight is 450 g/mol. The smallest absolute Gasteiger partial charge is 0.0843 e. The predicted octanol–water partition coefficient (Wildman–Crippen LogP) is 4.48. The Morgan fingerprint density at radius 2 is 0.963 bits per heavy atom. The molecule has 0 aliphatic rings. The van der Waals surface area contributed by atoms with E-state index in [1.54, 1.807) is 0 Å². The fraction of sp³-hybridized carbons (Fsp3) is 0. The summed E-state index contributed by atoms with van der Waals surface area (Å²) >= 11 is 10.1. The molecular weight excluding hydrogens is 432 g/mol. The summed E-state index contributed by atoms with van der Waals surface area (Å²) in [6.07, 6.45) is 0. The molecule has 4 rings (SSSR count). The van der Waals surface area contributed by atoms with Crippen LogP contribution >= 0.6 is 27.5 Å². The second-order valence-electron chi connectivity index (χ2n) is 6.47. The van der Waals surface area contributed by atoms with E-state index < -0.39 is 8.07 Å². The quantitative estimate of drug-likeness (QED) is 0.318. The Bertz CT molecular complexity index is 937. The molecular formula is C24H18BrClSi. The highest BCUT2D eigenvalue weighted by atomic mass is 79.9. The van der Waals surface area contributed by atoms with Gasteiger partial charge in [0.15, 0.2) is 8.07 Å². The van der Waals surface area contributed by atoms with Gasteiger partial charge in [0.05, 0.1) is 0 Å². The first kappa shape index (κ1) is 18.2. The molecule has 0 saturated carbocycles. The highest BCUT2D eigenvalue weighted by Crippen LogP contribution is 2.19. The van der Waals surface area contributed by atoms with Crippen LogP contribution in [0.5, 0.6) is 0 Å². The lowest BCUT2D eigenvalue weighted by molar-refractivity contribution is 1.64. The van der Waals surface area contributed by atoms with Gasteiger partial charge in [-0.25, -0.2) is 0 Å². The summed E-state index contributed by atoms with van der Waals surface area (Å²) in [4.78, 5) is 0. The van der Waals surface area contributed by atoms with E-state index in [9.17, 15) is 0 Å². The van der Waals surface area contributed by atoms with Gasteiger partial charge in [-0.3, -0.25) is 0 Å². The third-order valence-electron chi connectivity index (χ3n) is 4.96. The van der Waals surface area contributed by atoms with Crippen LogP contribution in [0.4, 0.5) is 0 Å². The Morgan fingerprint density at radius 1 is 0.556 bits per heavy atom. The van der Waals surface area contributed by atoms with Crippen molar-refractivity contribution in [2.24, 2.45) is 0 Å². The minimum absolute atomic E-state index is 0.739. The lowest BCUT2D eigenvalue weighted by Crippen LogP contribution is -2.75. The van der Waals surface area contributed by atoms with Crippen molar-refractivity contribution in [2.75, 3.05) is 0 Å². The van der Waals surface area contributed by atoms with Crippen LogP contribution in [-0.2, 0) is 0 Å². The molecule has 0 bridgehead atoms. The van der Waals surface area contributed by atoms with Gasteiger partial charge in [-0.05, 0) is 32.9 Å². The van der Waals surface area contributed by atoms with Gasteiger partial charge in [-0.15, -0.1) is 0 Å². The van der Waals surface area contributed by atoms with Gasteiger partial charge < -0.3 is 0 Å². The molecule has 0 nitrogen and oxygen atoms in total. The molecule has 4 aromatic rings. The van der Waals surface area contributed by atoms with Crippen LogP contribution in [0.25, 0.3) is 0 Å². The van der Waals surface area contributed by atoms with Crippen LogP contribution in [0.3, 0.4) is 0 Å². The maximum atomic E-state index is 6.29. The van der Waals surface area contributed by atoms with Crippen molar-refractivity contribution in [3.05, 3.63) is 119 Å². The zero-order chi connectivity index (χ0) is 18.7. The summed E-state index contributed by atoms with van der Waals surface area (Å²) in [5.41, 5.74) is 0. The SMILES string of the molecule is Clc1ccc([Si](c2ccccc2)(c2ccccc2)c2ccccc2)c(Br)c1. The van der Waals surface area contributed by atoms with E-state index in [0.29, 0.717) is 0 Å². The number of halogens is 2. The van der Waals surface area contributed by atoms with E-state index in [0.717, 1.165) is 9.50 Å². The van der Waals surface area contributed by atoms with Crippen LogP contribution in [0, 0.1) is 0 Å². The van der Waals surface area contributed by atoms with Crippen LogP contribution < -0.4 is 20.7 Å². The van der Waals surface area contributed by atoms with Gasteiger partial charge in [0, 0.05) is 9.50 Å². The molecule has 27 heavy (non-hydrogen) atoms. The zero-order valence-electron chi connectivity index (χ0n) is 14.6. The fourth-order valence-corrected chi connectivity index (χ4v) is 10.2. The molecule has 132 valence electrons. The normalized spacial score (nSPS) is 11.3. The standard InChI is InChI=1S/C24H18BrClSi/c25-23-18-19(26)16-17-24(23)27(20-10-4-1-5-11-20,21-12-6-2-7-13-21)22-14-8-3-9-15-22/h1-18H. The van der Waals surface area contributed by atoms with Gasteiger partial charge in [-0.1, -0.05) is 125 Å². The van der Waals surface area contributed by atoms with Crippen molar-refractivity contribution < 1.29 is 0 Å². The van der Waals surface area contributed by atoms with Crippen molar-refractivity contribution in [2.45, 2.75) is 0 Å². The topological polar surface area (TPSA) is 0 Å². The molecule has 0 amide bonds. The molecule has 0 fully saturated rings. The van der Waals surface area contributed by atoms with Gasteiger partial charge in [0.2, 0.25) is 0 Å². The van der Waals surface area contributed by atoms with Gasteiger partial charge in [0.1, 0.15) is 0 Å². The molecule has 0 aromatic heterocycles. The van der Waals surface area contributed by atoms with Crippen molar-refractivity contribution in [1.29, 1.82) is 0 Å². The maximum Gasteiger partial charge on any atom is 0.180 e. The number of rotatable bonds is 4. The van der Waals surface area contributed by atoms with Gasteiger partial charge >= 0.3 is 0 Å². The minimum atomic E-state index is -2.47. The summed E-state index contributed by atoms with van der Waals surface area (Å²) in [7, 11) is -2.47. The Balaban J connectivity index is 2.16. The third-order valence-corrected chi connectivity index (χ3v) is 11.1. The Kier molecular flexibility index (Phi) is 5.30. The third kappa shape index (κ3) is 3.29. The first-order chi connectivity index (χ1) is 13.2. The van der Waals surface area contributed by atoms with Crippen molar-refractivity contribution in [1.82, 2.24) is 0 Å². The maximum absolute atomic E-state index is 6.29. The molecule has 0 radical (unpaired) electrons. The van der Waals surface area contributed by atoms with E-state index in [-0.39, 0.29) is 0 Å². The van der Waals surface area contributed by atoms with Crippen LogP contribution in [0.15, 0.2) is 114 Å². The van der Waals surface area contributed by atoms with E-state index in [1.807, 2.05) is 12.1 Å². The summed E-state index contributed by atoms with van der Waals surface area (Å²) in [6.45, 7) is 0. The average Bonchev–Trinajstić information content (AvgIpc) is 2.72. The lowest BCUT2D eigenvalue weighted by Gasteiger charge is -2.35. The van der Waals surface area contributed by atoms with Crippen LogP contribution in [0.2, 0.25) is 5.02 Å². The second-order valence-corrected chi connectivity index (χ2v) is 11.5. The highest BCUT2D eigenvalue weighted by Gasteiger charge is 2.42. The van der Waals surface area contributed by atoms with E-state index in [1.165, 1.54) is 20.7 Å². The molecule has 0 saturated heterocycles. The summed E-state index contributed by atoms with van der Waals surface area (Å²) in [5, 5.41) is 6.10. The van der Waals surface area contributed by atoms with Crippen molar-refractivity contribution in [3.8, 4) is 0 Å². The van der Waals surface area contributed by atoms with Crippen LogP contribution in [0.1, 0.15) is 0 Å². The summed E-state index contributed by atoms with van der Waals surface area (Å²) < 4.78 is 1.05. The molecule has 0 unspecified atom stereocenters. The first-order valence-corrected chi connectivity index (χ1v) is 12.0. The predicted molar refractivity (Wildman–Crippen MR) is 123 cm³/mol. The number of hydrogen-bond acceptors (Lipinski definition) is 0. The number of benzene rings is 4. The van der Waals surface area contributed by atoms with E-state index in [4.69, 9.17) is 11.6 Å². The monoisotopic (exact) mass is 448 g/mol. The largest absolute Gasteiger partial charge is 0.180 e. The molecule has 4 aromatic carbocycles. The Labute approximate surface area is 174 Å². The molecule has 0 N–H and O–H groups in total. The number of hydrogen-bond donors (Lipinski definition) is 0. The molecule has 0 aliphatic carbocycles. The zero-order valence-corrected chi connectivity index (χ0v) is 18.0. The Hall–Kier alpha value is -2.13. The molecule has 0 heterocycles. The molecule has 0 atom stereocenters. The van der Waals surface area contributed by atoms with E-state index >= 15 is 0 Å². The molecule has 0 spiro atoms. The fourth-order valence-electron chi connectivity index (χ4n) is 3.82. The van der Waals surface area contributed by atoms with Crippen molar-refractivity contribution >= 4 is 56.4 Å². The summed E-state index contributed by atoms with van der Waals surface area (Å²) in [6, 6.07) is 38.8. The minimum Gasteiger partial charge on any atom is -0.0843 e. The van der Waals surface area contributed by atoms with Crippen molar-refractivity contribution in [3.63, 3.8) is 0 Å². The second kappa shape index (κ2) is 7.85. The van der Waals surface area contributed by atoms with Gasteiger partial charge in [0.25, 0.3) is 0 Å². The van der Waals surface area contributed by atoms with Gasteiger partial charge in [-0.2, -0.15) is 0 Å². The summed E-state index contributed by atoms with van der Waals surface area (Å²) in [5.74, 6) is 0. The highest BCUT2D eigenvalue weighted by molar-refractivity contribution is 9.10. The molecule has 3 heteroatoms.